The molecule has 0 bridgehead atoms. The zero-order valence-electron chi connectivity index (χ0n) is 8.66. The normalized spacial score (nSPS) is 10.5. The molecule has 0 aliphatic rings. The van der Waals surface area contributed by atoms with Crippen LogP contribution in [0.2, 0.25) is 0 Å². The Kier molecular flexibility index (Phi) is 2.11. The lowest BCUT2D eigenvalue weighted by atomic mass is 10.1. The average molecular weight is 201 g/mol. The maximum Gasteiger partial charge on any atom is 0.180 e. The van der Waals surface area contributed by atoms with Crippen LogP contribution >= 0.6 is 0 Å². The molecule has 0 atom stereocenters. The quantitative estimate of drug-likeness (QED) is 0.757. The van der Waals surface area contributed by atoms with Crippen molar-refractivity contribution in [3.8, 4) is 0 Å². The van der Waals surface area contributed by atoms with Crippen molar-refractivity contribution in [2.45, 2.75) is 13.8 Å². The van der Waals surface area contributed by atoms with Gasteiger partial charge >= 0.3 is 0 Å². The van der Waals surface area contributed by atoms with Crippen molar-refractivity contribution < 1.29 is 4.79 Å². The molecule has 2 aromatic rings. The van der Waals surface area contributed by atoms with Crippen LogP contribution in [0.4, 0.5) is 0 Å². The number of fused-ring (bicyclic) bond motifs is 1. The number of hydrogen-bond donors (Lipinski definition) is 1. The smallest absolute Gasteiger partial charge is 0.180 e. The van der Waals surface area contributed by atoms with Crippen molar-refractivity contribution >= 4 is 22.4 Å². The zero-order chi connectivity index (χ0) is 11.0. The third-order valence-electron chi connectivity index (χ3n) is 2.24. The molecule has 2 aromatic heterocycles. The molecule has 0 aromatic carbocycles. The number of carbonyl (C=O) groups excluding carboxylic acids is 1. The largest absolute Gasteiger partial charge is 0.293 e. The van der Waals surface area contributed by atoms with Crippen molar-refractivity contribution in [2.75, 3.05) is 0 Å². The first-order valence-electron chi connectivity index (χ1n) is 4.60. The molecule has 0 unspecified atom stereocenters. The Bertz CT molecular complexity index is 554. The van der Waals surface area contributed by atoms with Crippen LogP contribution in [0, 0.1) is 0 Å². The lowest BCUT2D eigenvalue weighted by Crippen LogP contribution is -1.93. The number of ketones is 1. The Hall–Kier alpha value is -1.97. The second kappa shape index (κ2) is 3.31. The van der Waals surface area contributed by atoms with Crippen molar-refractivity contribution in [1.82, 2.24) is 15.2 Å². The molecule has 0 saturated carbocycles. The number of Topliss-reactive ketones (excluding diaryl/α,β-unsaturated/α-hetero) is 1. The topological polar surface area (TPSA) is 58.6 Å². The van der Waals surface area contributed by atoms with Crippen LogP contribution in [0.5, 0.6) is 0 Å². The number of H-pyrrole nitrogens is 1. The fourth-order valence-electron chi connectivity index (χ4n) is 1.41. The minimum Gasteiger partial charge on any atom is -0.293 e. The third kappa shape index (κ3) is 1.54. The van der Waals surface area contributed by atoms with Crippen molar-refractivity contribution in [2.24, 2.45) is 0 Å². The van der Waals surface area contributed by atoms with Crippen molar-refractivity contribution in [1.29, 1.82) is 0 Å². The summed E-state index contributed by atoms with van der Waals surface area (Å²) in [7, 11) is 0. The summed E-state index contributed by atoms with van der Waals surface area (Å²) in [6.07, 6.45) is 1.72. The highest BCUT2D eigenvalue weighted by atomic mass is 16.1. The number of rotatable bonds is 2. The van der Waals surface area contributed by atoms with Gasteiger partial charge < -0.3 is 0 Å². The Morgan fingerprint density at radius 1 is 1.47 bits per heavy atom. The molecule has 0 saturated heterocycles. The summed E-state index contributed by atoms with van der Waals surface area (Å²) < 4.78 is 0. The zero-order valence-corrected chi connectivity index (χ0v) is 8.66. The van der Waals surface area contributed by atoms with Gasteiger partial charge in [-0.1, -0.05) is 6.58 Å². The summed E-state index contributed by atoms with van der Waals surface area (Å²) in [5.74, 6) is -0.0677. The molecular formula is C11H11N3O. The SMILES string of the molecule is C=C(C)c1cnc2[nH]nc(C(C)=O)c2c1. The van der Waals surface area contributed by atoms with Crippen LogP contribution in [0.15, 0.2) is 18.8 Å². The van der Waals surface area contributed by atoms with Gasteiger partial charge in [-0.05, 0) is 24.1 Å². The van der Waals surface area contributed by atoms with Crippen LogP contribution in [-0.2, 0) is 0 Å². The molecule has 76 valence electrons. The molecule has 0 aliphatic carbocycles. The minimum absolute atomic E-state index is 0.0677. The van der Waals surface area contributed by atoms with Crippen molar-refractivity contribution in [3.05, 3.63) is 30.1 Å². The molecule has 1 N–H and O–H groups in total. The molecule has 0 aliphatic heterocycles. The third-order valence-corrected chi connectivity index (χ3v) is 2.24. The molecule has 2 rings (SSSR count). The first-order valence-corrected chi connectivity index (χ1v) is 4.60. The number of aromatic amines is 1. The summed E-state index contributed by atoms with van der Waals surface area (Å²) in [6.45, 7) is 7.22. The van der Waals surface area contributed by atoms with Gasteiger partial charge in [0.1, 0.15) is 5.69 Å². The number of aromatic nitrogens is 3. The van der Waals surface area contributed by atoms with Gasteiger partial charge in [-0.2, -0.15) is 5.10 Å². The number of hydrogen-bond acceptors (Lipinski definition) is 3. The molecule has 4 nitrogen and oxygen atoms in total. The van der Waals surface area contributed by atoms with E-state index in [-0.39, 0.29) is 5.78 Å². The maximum absolute atomic E-state index is 11.3. The molecule has 0 spiro atoms. The Balaban J connectivity index is 2.72. The number of nitrogens with one attached hydrogen (secondary N) is 1. The Morgan fingerprint density at radius 3 is 2.80 bits per heavy atom. The summed E-state index contributed by atoms with van der Waals surface area (Å²) in [5.41, 5.74) is 2.90. The van der Waals surface area contributed by atoms with Crippen LogP contribution in [0.3, 0.4) is 0 Å². The lowest BCUT2D eigenvalue weighted by Gasteiger charge is -1.98. The van der Waals surface area contributed by atoms with Crippen LogP contribution in [0.25, 0.3) is 16.6 Å². The van der Waals surface area contributed by atoms with Crippen LogP contribution in [0.1, 0.15) is 29.9 Å². The Morgan fingerprint density at radius 2 is 2.20 bits per heavy atom. The summed E-state index contributed by atoms with van der Waals surface area (Å²) in [4.78, 5) is 15.4. The first kappa shape index (κ1) is 9.58. The van der Waals surface area contributed by atoms with E-state index in [2.05, 4.69) is 21.8 Å². The Labute approximate surface area is 87.0 Å². The van der Waals surface area contributed by atoms with Gasteiger partial charge in [0.2, 0.25) is 0 Å². The van der Waals surface area contributed by atoms with E-state index in [0.29, 0.717) is 11.3 Å². The number of carbonyl (C=O) groups is 1. The van der Waals surface area contributed by atoms with E-state index >= 15 is 0 Å². The molecular weight excluding hydrogens is 190 g/mol. The van der Waals surface area contributed by atoms with Gasteiger partial charge in [0.15, 0.2) is 11.4 Å². The van der Waals surface area contributed by atoms with Gasteiger partial charge in [0.25, 0.3) is 0 Å². The monoisotopic (exact) mass is 201 g/mol. The number of pyridine rings is 1. The highest BCUT2D eigenvalue weighted by Crippen LogP contribution is 2.19. The van der Waals surface area contributed by atoms with Gasteiger partial charge in [0.05, 0.1) is 5.39 Å². The van der Waals surface area contributed by atoms with E-state index in [0.717, 1.165) is 16.5 Å². The highest BCUT2D eigenvalue weighted by molar-refractivity contribution is 6.04. The second-order valence-electron chi connectivity index (χ2n) is 3.53. The maximum atomic E-state index is 11.3. The van der Waals surface area contributed by atoms with E-state index in [9.17, 15) is 4.79 Å². The van der Waals surface area contributed by atoms with Gasteiger partial charge in [-0.15, -0.1) is 0 Å². The fraction of sp³-hybridized carbons (Fsp3) is 0.182. The summed E-state index contributed by atoms with van der Waals surface area (Å²) >= 11 is 0. The highest BCUT2D eigenvalue weighted by Gasteiger charge is 2.11. The lowest BCUT2D eigenvalue weighted by molar-refractivity contribution is 0.101. The van der Waals surface area contributed by atoms with E-state index < -0.39 is 0 Å². The number of nitrogens with zero attached hydrogens (tertiary/aromatic N) is 2. The molecule has 0 fully saturated rings. The minimum atomic E-state index is -0.0677. The second-order valence-corrected chi connectivity index (χ2v) is 3.53. The van der Waals surface area contributed by atoms with E-state index in [1.165, 1.54) is 6.92 Å². The van der Waals surface area contributed by atoms with E-state index in [4.69, 9.17) is 0 Å². The summed E-state index contributed by atoms with van der Waals surface area (Å²) in [5, 5.41) is 7.41. The van der Waals surface area contributed by atoms with Crippen LogP contribution in [-0.4, -0.2) is 21.0 Å². The standard InChI is InChI=1S/C11H11N3O/c1-6(2)8-4-9-10(7(3)15)13-14-11(9)12-5-8/h4-5H,1H2,2-3H3,(H,12,13,14). The predicted molar refractivity (Wildman–Crippen MR) is 58.6 cm³/mol. The van der Waals surface area contributed by atoms with Gasteiger partial charge in [0, 0.05) is 13.1 Å². The van der Waals surface area contributed by atoms with E-state index in [1.54, 1.807) is 6.20 Å². The predicted octanol–water partition coefficient (Wildman–Crippen LogP) is 2.19. The molecule has 2 heterocycles. The fourth-order valence-corrected chi connectivity index (χ4v) is 1.41. The summed E-state index contributed by atoms with van der Waals surface area (Å²) in [6, 6.07) is 1.88. The molecule has 0 amide bonds. The van der Waals surface area contributed by atoms with Gasteiger partial charge in [-0.3, -0.25) is 9.89 Å². The molecule has 0 radical (unpaired) electrons. The van der Waals surface area contributed by atoms with Crippen LogP contribution < -0.4 is 0 Å². The number of allylic oxidation sites excluding steroid dienone is 1. The molecule has 15 heavy (non-hydrogen) atoms. The first-order chi connectivity index (χ1) is 7.09. The van der Waals surface area contributed by atoms with Crippen molar-refractivity contribution in [3.63, 3.8) is 0 Å². The molecule has 4 heteroatoms. The van der Waals surface area contributed by atoms with Gasteiger partial charge in [-0.25, -0.2) is 4.98 Å². The average Bonchev–Trinajstić information content (AvgIpc) is 2.59. The van der Waals surface area contributed by atoms with E-state index in [1.807, 2.05) is 13.0 Å².